The molecule has 0 saturated heterocycles. The number of nitrogens with one attached hydrogen (secondary N) is 1. The quantitative estimate of drug-likeness (QED) is 0.836. The van der Waals surface area contributed by atoms with Crippen molar-refractivity contribution in [2.24, 2.45) is 0 Å². The molecular weight excluding hydrogens is 279 g/mol. The van der Waals surface area contributed by atoms with Crippen LogP contribution in [0.15, 0.2) is 24.3 Å². The number of anilines is 1. The van der Waals surface area contributed by atoms with E-state index in [2.05, 4.69) is 36.7 Å². The van der Waals surface area contributed by atoms with E-state index < -0.39 is 0 Å². The van der Waals surface area contributed by atoms with E-state index in [-0.39, 0.29) is 0 Å². The van der Waals surface area contributed by atoms with Gasteiger partial charge in [0, 0.05) is 30.2 Å². The van der Waals surface area contributed by atoms with Crippen LogP contribution in [-0.4, -0.2) is 4.57 Å². The molecule has 0 fully saturated rings. The van der Waals surface area contributed by atoms with Gasteiger partial charge in [-0.05, 0) is 50.6 Å². The second-order valence-corrected chi connectivity index (χ2v) is 5.44. The largest absolute Gasteiger partial charge is 0.381 e. The summed E-state index contributed by atoms with van der Waals surface area (Å²) in [5, 5.41) is 4.53. The zero-order valence-electron chi connectivity index (χ0n) is 11.4. The summed E-state index contributed by atoms with van der Waals surface area (Å²) < 4.78 is 2.31. The lowest BCUT2D eigenvalue weighted by atomic mass is 10.2. The van der Waals surface area contributed by atoms with Crippen LogP contribution in [0, 0.1) is 13.8 Å². The molecule has 1 aromatic heterocycles. The van der Waals surface area contributed by atoms with Crippen LogP contribution in [0.2, 0.25) is 10.0 Å². The summed E-state index contributed by atoms with van der Waals surface area (Å²) in [6, 6.07) is 7.82. The van der Waals surface area contributed by atoms with Gasteiger partial charge in [-0.1, -0.05) is 23.2 Å². The number of hydrogen-bond donors (Lipinski definition) is 1. The van der Waals surface area contributed by atoms with Crippen molar-refractivity contribution < 1.29 is 0 Å². The molecule has 2 nitrogen and oxygen atoms in total. The fourth-order valence-electron chi connectivity index (χ4n) is 2.34. The molecule has 1 aromatic carbocycles. The van der Waals surface area contributed by atoms with Crippen LogP contribution < -0.4 is 5.32 Å². The Labute approximate surface area is 124 Å². The van der Waals surface area contributed by atoms with E-state index in [1.54, 1.807) is 0 Å². The highest BCUT2D eigenvalue weighted by atomic mass is 35.5. The highest BCUT2D eigenvalue weighted by Gasteiger charge is 2.07. The first-order valence-electron chi connectivity index (χ1n) is 6.37. The minimum atomic E-state index is 0.575. The van der Waals surface area contributed by atoms with Gasteiger partial charge >= 0.3 is 0 Å². The highest BCUT2D eigenvalue weighted by Crippen LogP contribution is 2.25. The normalized spacial score (nSPS) is 10.8. The number of halogens is 2. The average Bonchev–Trinajstić information content (AvgIpc) is 2.65. The molecule has 0 aliphatic carbocycles. The Hall–Kier alpha value is -1.12. The van der Waals surface area contributed by atoms with Crippen molar-refractivity contribution in [3.63, 3.8) is 0 Å². The van der Waals surface area contributed by atoms with Gasteiger partial charge in [0.05, 0.1) is 10.0 Å². The molecule has 19 heavy (non-hydrogen) atoms. The Morgan fingerprint density at radius 1 is 1.11 bits per heavy atom. The van der Waals surface area contributed by atoms with Crippen molar-refractivity contribution in [3.05, 3.63) is 51.3 Å². The Balaban J connectivity index is 2.12. The van der Waals surface area contributed by atoms with E-state index in [0.717, 1.165) is 18.8 Å². The maximum atomic E-state index is 6.00. The minimum absolute atomic E-state index is 0.575. The standard InChI is InChI=1S/C15H18Cl2N2/c1-4-19-10(2)7-12(11(19)3)9-18-13-5-6-14(16)15(17)8-13/h5-8,18H,4,9H2,1-3H3. The van der Waals surface area contributed by atoms with Crippen molar-refractivity contribution in [2.75, 3.05) is 5.32 Å². The minimum Gasteiger partial charge on any atom is -0.381 e. The second-order valence-electron chi connectivity index (χ2n) is 4.62. The molecule has 0 aliphatic rings. The van der Waals surface area contributed by atoms with Crippen LogP contribution >= 0.6 is 23.2 Å². The zero-order valence-corrected chi connectivity index (χ0v) is 12.9. The van der Waals surface area contributed by atoms with Crippen LogP contribution in [-0.2, 0) is 13.1 Å². The first-order chi connectivity index (χ1) is 9.02. The second kappa shape index (κ2) is 5.89. The van der Waals surface area contributed by atoms with E-state index in [4.69, 9.17) is 23.2 Å². The van der Waals surface area contributed by atoms with E-state index in [9.17, 15) is 0 Å². The predicted molar refractivity (Wildman–Crippen MR) is 83.4 cm³/mol. The van der Waals surface area contributed by atoms with E-state index in [1.807, 2.05) is 18.2 Å². The first-order valence-corrected chi connectivity index (χ1v) is 7.13. The molecule has 0 bridgehead atoms. The van der Waals surface area contributed by atoms with Crippen LogP contribution in [0.4, 0.5) is 5.69 Å². The predicted octanol–water partition coefficient (Wildman–Crippen LogP) is 5.04. The van der Waals surface area contributed by atoms with E-state index in [0.29, 0.717) is 10.0 Å². The Morgan fingerprint density at radius 2 is 1.84 bits per heavy atom. The molecule has 1 heterocycles. The lowest BCUT2D eigenvalue weighted by molar-refractivity contribution is 0.715. The Morgan fingerprint density at radius 3 is 2.42 bits per heavy atom. The monoisotopic (exact) mass is 296 g/mol. The van der Waals surface area contributed by atoms with Gasteiger partial charge in [0.1, 0.15) is 0 Å². The third-order valence-electron chi connectivity index (χ3n) is 3.40. The summed E-state index contributed by atoms with van der Waals surface area (Å²) >= 11 is 11.9. The lowest BCUT2D eigenvalue weighted by Gasteiger charge is -2.09. The molecule has 0 atom stereocenters. The van der Waals surface area contributed by atoms with Crippen molar-refractivity contribution in [2.45, 2.75) is 33.9 Å². The maximum Gasteiger partial charge on any atom is 0.0612 e. The topological polar surface area (TPSA) is 17.0 Å². The van der Waals surface area contributed by atoms with E-state index >= 15 is 0 Å². The summed E-state index contributed by atoms with van der Waals surface area (Å²) in [4.78, 5) is 0. The number of aryl methyl sites for hydroxylation is 1. The maximum absolute atomic E-state index is 6.00. The van der Waals surface area contributed by atoms with Crippen molar-refractivity contribution in [3.8, 4) is 0 Å². The van der Waals surface area contributed by atoms with Crippen molar-refractivity contribution >= 4 is 28.9 Å². The third kappa shape index (κ3) is 3.07. The van der Waals surface area contributed by atoms with E-state index in [1.165, 1.54) is 17.0 Å². The number of benzene rings is 1. The van der Waals surface area contributed by atoms with Gasteiger partial charge in [0.25, 0.3) is 0 Å². The summed E-state index contributed by atoms with van der Waals surface area (Å²) in [6.07, 6.45) is 0. The van der Waals surface area contributed by atoms with Gasteiger partial charge in [-0.2, -0.15) is 0 Å². The SMILES string of the molecule is CCn1c(C)cc(CNc2ccc(Cl)c(Cl)c2)c1C. The van der Waals surface area contributed by atoms with Crippen LogP contribution in [0.3, 0.4) is 0 Å². The van der Waals surface area contributed by atoms with Gasteiger partial charge in [-0.3, -0.25) is 0 Å². The molecule has 0 saturated carbocycles. The molecule has 0 radical (unpaired) electrons. The zero-order chi connectivity index (χ0) is 14.0. The number of hydrogen-bond acceptors (Lipinski definition) is 1. The summed E-state index contributed by atoms with van der Waals surface area (Å²) in [6.45, 7) is 8.25. The fraction of sp³-hybridized carbons (Fsp3) is 0.333. The van der Waals surface area contributed by atoms with Crippen molar-refractivity contribution in [1.82, 2.24) is 4.57 Å². The van der Waals surface area contributed by atoms with Crippen molar-refractivity contribution in [1.29, 1.82) is 0 Å². The Bertz CT molecular complexity index is 588. The van der Waals surface area contributed by atoms with Gasteiger partial charge in [0.2, 0.25) is 0 Å². The van der Waals surface area contributed by atoms with Gasteiger partial charge in [0.15, 0.2) is 0 Å². The van der Waals surface area contributed by atoms with Crippen LogP contribution in [0.25, 0.3) is 0 Å². The summed E-state index contributed by atoms with van der Waals surface area (Å²) in [5.74, 6) is 0. The Kier molecular flexibility index (Phi) is 4.43. The van der Waals surface area contributed by atoms with Gasteiger partial charge in [-0.15, -0.1) is 0 Å². The molecule has 2 rings (SSSR count). The molecule has 4 heteroatoms. The molecule has 0 unspecified atom stereocenters. The van der Waals surface area contributed by atoms with Gasteiger partial charge < -0.3 is 9.88 Å². The van der Waals surface area contributed by atoms with Crippen LogP contribution in [0.1, 0.15) is 23.9 Å². The number of aromatic nitrogens is 1. The average molecular weight is 297 g/mol. The smallest absolute Gasteiger partial charge is 0.0612 e. The fourth-order valence-corrected chi connectivity index (χ4v) is 2.64. The molecule has 0 spiro atoms. The number of rotatable bonds is 4. The lowest BCUT2D eigenvalue weighted by Crippen LogP contribution is -2.03. The molecule has 102 valence electrons. The molecular formula is C15H18Cl2N2. The highest BCUT2D eigenvalue weighted by molar-refractivity contribution is 6.42. The summed E-state index contributed by atoms with van der Waals surface area (Å²) in [5.41, 5.74) is 4.90. The molecule has 1 N–H and O–H groups in total. The molecule has 0 amide bonds. The molecule has 0 aliphatic heterocycles. The first kappa shape index (κ1) is 14.3. The van der Waals surface area contributed by atoms with Crippen LogP contribution in [0.5, 0.6) is 0 Å². The molecule has 2 aromatic rings. The number of nitrogens with zero attached hydrogens (tertiary/aromatic N) is 1. The third-order valence-corrected chi connectivity index (χ3v) is 4.14. The van der Waals surface area contributed by atoms with Gasteiger partial charge in [-0.25, -0.2) is 0 Å². The summed E-state index contributed by atoms with van der Waals surface area (Å²) in [7, 11) is 0.